The third-order valence-electron chi connectivity index (χ3n) is 3.34. The van der Waals surface area contributed by atoms with Crippen LogP contribution < -0.4 is 10.6 Å². The first-order valence-electron chi connectivity index (χ1n) is 7.39. The Morgan fingerprint density at radius 1 is 0.958 bits per heavy atom. The van der Waals surface area contributed by atoms with E-state index in [2.05, 4.69) is 20.6 Å². The minimum absolute atomic E-state index is 0.259. The van der Waals surface area contributed by atoms with Crippen LogP contribution in [0.1, 0.15) is 16.1 Å². The minimum atomic E-state index is -0.414. The smallest absolute Gasteiger partial charge is 0.255 e. The fourth-order valence-electron chi connectivity index (χ4n) is 2.15. The number of rotatable bonds is 5. The highest BCUT2D eigenvalue weighted by molar-refractivity contribution is 5.99. The standard InChI is InChI=1S/C18H15FN4O/c19-15-8-1-2-9-16(15)23-17-14(7-5-11-21-17)18(24)22-12-13-6-3-4-10-20-13/h1-11H,12H2,(H,21,23)(H,22,24). The fraction of sp³-hybridized carbons (Fsp3) is 0.0556. The molecule has 0 saturated heterocycles. The van der Waals surface area contributed by atoms with Gasteiger partial charge in [-0.25, -0.2) is 9.37 Å². The molecule has 0 aliphatic heterocycles. The zero-order valence-electron chi connectivity index (χ0n) is 12.7. The Morgan fingerprint density at radius 2 is 1.75 bits per heavy atom. The van der Waals surface area contributed by atoms with Crippen molar-refractivity contribution in [2.24, 2.45) is 0 Å². The Balaban J connectivity index is 1.76. The van der Waals surface area contributed by atoms with Gasteiger partial charge in [0.25, 0.3) is 5.91 Å². The van der Waals surface area contributed by atoms with Crippen LogP contribution in [0.15, 0.2) is 67.0 Å². The van der Waals surface area contributed by atoms with E-state index in [1.165, 1.54) is 6.07 Å². The molecule has 0 aliphatic rings. The maximum absolute atomic E-state index is 13.8. The molecule has 6 heteroatoms. The van der Waals surface area contributed by atoms with E-state index in [0.717, 1.165) is 5.69 Å². The molecule has 0 saturated carbocycles. The van der Waals surface area contributed by atoms with Crippen LogP contribution in [0.4, 0.5) is 15.9 Å². The van der Waals surface area contributed by atoms with Gasteiger partial charge in [0, 0.05) is 12.4 Å². The average molecular weight is 322 g/mol. The molecule has 0 atom stereocenters. The van der Waals surface area contributed by atoms with Crippen LogP contribution in [0.2, 0.25) is 0 Å². The number of aromatic nitrogens is 2. The van der Waals surface area contributed by atoms with E-state index >= 15 is 0 Å². The van der Waals surface area contributed by atoms with E-state index in [9.17, 15) is 9.18 Å². The number of para-hydroxylation sites is 1. The highest BCUT2D eigenvalue weighted by Crippen LogP contribution is 2.20. The molecular formula is C18H15FN4O. The molecule has 2 heterocycles. The summed E-state index contributed by atoms with van der Waals surface area (Å²) >= 11 is 0. The van der Waals surface area contributed by atoms with Crippen molar-refractivity contribution >= 4 is 17.4 Å². The predicted molar refractivity (Wildman–Crippen MR) is 89.3 cm³/mol. The first-order chi connectivity index (χ1) is 11.7. The van der Waals surface area contributed by atoms with E-state index in [0.29, 0.717) is 17.9 Å². The number of pyridine rings is 2. The van der Waals surface area contributed by atoms with E-state index in [4.69, 9.17) is 0 Å². The molecule has 3 aromatic rings. The molecule has 0 spiro atoms. The number of halogens is 1. The topological polar surface area (TPSA) is 66.9 Å². The van der Waals surface area contributed by atoms with Gasteiger partial charge in [0.2, 0.25) is 0 Å². The molecule has 0 bridgehead atoms. The second kappa shape index (κ2) is 7.32. The molecule has 2 aromatic heterocycles. The number of benzene rings is 1. The van der Waals surface area contributed by atoms with Crippen molar-refractivity contribution < 1.29 is 9.18 Å². The number of anilines is 2. The third-order valence-corrected chi connectivity index (χ3v) is 3.34. The lowest BCUT2D eigenvalue weighted by Gasteiger charge is -2.11. The van der Waals surface area contributed by atoms with Gasteiger partial charge in [-0.15, -0.1) is 0 Å². The van der Waals surface area contributed by atoms with Crippen LogP contribution in [0.5, 0.6) is 0 Å². The Morgan fingerprint density at radius 3 is 2.54 bits per heavy atom. The molecule has 3 rings (SSSR count). The fourth-order valence-corrected chi connectivity index (χ4v) is 2.15. The molecular weight excluding hydrogens is 307 g/mol. The van der Waals surface area contributed by atoms with Crippen molar-refractivity contribution in [1.82, 2.24) is 15.3 Å². The molecule has 24 heavy (non-hydrogen) atoms. The average Bonchev–Trinajstić information content (AvgIpc) is 2.63. The lowest BCUT2D eigenvalue weighted by Crippen LogP contribution is -2.24. The van der Waals surface area contributed by atoms with Gasteiger partial charge in [-0.1, -0.05) is 18.2 Å². The largest absolute Gasteiger partial charge is 0.346 e. The summed E-state index contributed by atoms with van der Waals surface area (Å²) in [6.07, 6.45) is 3.20. The van der Waals surface area contributed by atoms with Crippen molar-refractivity contribution in [1.29, 1.82) is 0 Å². The lowest BCUT2D eigenvalue weighted by atomic mass is 10.2. The zero-order chi connectivity index (χ0) is 16.8. The number of hydrogen-bond donors (Lipinski definition) is 2. The summed E-state index contributed by atoms with van der Waals surface area (Å²) in [7, 11) is 0. The summed E-state index contributed by atoms with van der Waals surface area (Å²) in [4.78, 5) is 20.7. The van der Waals surface area contributed by atoms with Crippen LogP contribution in [0.3, 0.4) is 0 Å². The van der Waals surface area contributed by atoms with Gasteiger partial charge in [-0.2, -0.15) is 0 Å². The van der Waals surface area contributed by atoms with E-state index in [1.807, 2.05) is 18.2 Å². The van der Waals surface area contributed by atoms with E-state index < -0.39 is 5.82 Å². The molecule has 0 radical (unpaired) electrons. The lowest BCUT2D eigenvalue weighted by molar-refractivity contribution is 0.0951. The van der Waals surface area contributed by atoms with Gasteiger partial charge in [0.05, 0.1) is 23.5 Å². The predicted octanol–water partition coefficient (Wildman–Crippen LogP) is 3.29. The van der Waals surface area contributed by atoms with Gasteiger partial charge >= 0.3 is 0 Å². The van der Waals surface area contributed by atoms with Crippen LogP contribution in [-0.2, 0) is 6.54 Å². The van der Waals surface area contributed by atoms with Gasteiger partial charge in [-0.05, 0) is 36.4 Å². The molecule has 0 unspecified atom stereocenters. The highest BCUT2D eigenvalue weighted by Gasteiger charge is 2.13. The zero-order valence-corrected chi connectivity index (χ0v) is 12.7. The van der Waals surface area contributed by atoms with Crippen LogP contribution in [0, 0.1) is 5.82 Å². The monoisotopic (exact) mass is 322 g/mol. The second-order valence-electron chi connectivity index (χ2n) is 5.01. The maximum Gasteiger partial charge on any atom is 0.255 e. The summed E-state index contributed by atoms with van der Waals surface area (Å²) in [5.74, 6) is -0.434. The van der Waals surface area contributed by atoms with Crippen molar-refractivity contribution in [3.63, 3.8) is 0 Å². The van der Waals surface area contributed by atoms with E-state index in [1.54, 1.807) is 42.7 Å². The number of nitrogens with one attached hydrogen (secondary N) is 2. The third kappa shape index (κ3) is 3.73. The van der Waals surface area contributed by atoms with Crippen molar-refractivity contribution in [3.8, 4) is 0 Å². The summed E-state index contributed by atoms with van der Waals surface area (Å²) in [6, 6.07) is 15.0. The SMILES string of the molecule is O=C(NCc1ccccn1)c1cccnc1Nc1ccccc1F. The normalized spacial score (nSPS) is 10.2. The van der Waals surface area contributed by atoms with Gasteiger partial charge in [0.1, 0.15) is 11.6 Å². The second-order valence-corrected chi connectivity index (χ2v) is 5.01. The number of hydrogen-bond acceptors (Lipinski definition) is 4. The van der Waals surface area contributed by atoms with Gasteiger partial charge in [-0.3, -0.25) is 9.78 Å². The number of amides is 1. The Hall–Kier alpha value is -3.28. The van der Waals surface area contributed by atoms with Gasteiger partial charge in [0.15, 0.2) is 0 Å². The molecule has 1 aromatic carbocycles. The first kappa shape index (κ1) is 15.6. The molecule has 5 nitrogen and oxygen atoms in total. The summed E-state index contributed by atoms with van der Waals surface area (Å²) in [6.45, 7) is 0.299. The quantitative estimate of drug-likeness (QED) is 0.756. The Kier molecular flexibility index (Phi) is 4.76. The minimum Gasteiger partial charge on any atom is -0.346 e. The van der Waals surface area contributed by atoms with Crippen LogP contribution in [0.25, 0.3) is 0 Å². The van der Waals surface area contributed by atoms with Gasteiger partial charge < -0.3 is 10.6 Å². The molecule has 0 aliphatic carbocycles. The summed E-state index contributed by atoms with van der Waals surface area (Å²) < 4.78 is 13.8. The maximum atomic E-state index is 13.8. The molecule has 0 fully saturated rings. The van der Waals surface area contributed by atoms with Crippen molar-refractivity contribution in [3.05, 3.63) is 84.1 Å². The highest BCUT2D eigenvalue weighted by atomic mass is 19.1. The summed E-state index contributed by atoms with van der Waals surface area (Å²) in [5, 5.41) is 5.64. The molecule has 1 amide bonds. The van der Waals surface area contributed by atoms with Crippen LogP contribution in [-0.4, -0.2) is 15.9 Å². The summed E-state index contributed by atoms with van der Waals surface area (Å²) in [5.41, 5.74) is 1.34. The van der Waals surface area contributed by atoms with E-state index in [-0.39, 0.29) is 11.6 Å². The first-order valence-corrected chi connectivity index (χ1v) is 7.39. The molecule has 120 valence electrons. The number of carbonyl (C=O) groups is 1. The number of carbonyl (C=O) groups excluding carboxylic acids is 1. The molecule has 2 N–H and O–H groups in total. The number of nitrogens with zero attached hydrogens (tertiary/aromatic N) is 2. The van der Waals surface area contributed by atoms with Crippen molar-refractivity contribution in [2.75, 3.05) is 5.32 Å². The Labute approximate surface area is 138 Å². The van der Waals surface area contributed by atoms with Crippen LogP contribution >= 0.6 is 0 Å². The van der Waals surface area contributed by atoms with Crippen molar-refractivity contribution in [2.45, 2.75) is 6.54 Å². The Bertz CT molecular complexity index is 839.